The molecular formula is C16H18FN5O. The predicted octanol–water partition coefficient (Wildman–Crippen LogP) is 1.65. The first-order chi connectivity index (χ1) is 11.2. The van der Waals surface area contributed by atoms with Crippen LogP contribution < -0.4 is 10.2 Å². The van der Waals surface area contributed by atoms with E-state index in [0.717, 1.165) is 5.56 Å². The second kappa shape index (κ2) is 7.04. The molecule has 0 aliphatic carbocycles. The Labute approximate surface area is 134 Å². The Morgan fingerprint density at radius 3 is 2.61 bits per heavy atom. The van der Waals surface area contributed by atoms with E-state index in [1.54, 1.807) is 29.6 Å². The monoisotopic (exact) mass is 315 g/mol. The Bertz CT molecular complexity index is 659. The van der Waals surface area contributed by atoms with Crippen LogP contribution in [0.3, 0.4) is 0 Å². The molecule has 23 heavy (non-hydrogen) atoms. The van der Waals surface area contributed by atoms with E-state index in [0.29, 0.717) is 38.4 Å². The smallest absolute Gasteiger partial charge is 0.317 e. The molecule has 0 radical (unpaired) electrons. The van der Waals surface area contributed by atoms with Gasteiger partial charge in [0.1, 0.15) is 0 Å². The van der Waals surface area contributed by atoms with Crippen LogP contribution in [0.25, 0.3) is 0 Å². The minimum absolute atomic E-state index is 0.108. The van der Waals surface area contributed by atoms with Crippen LogP contribution in [0.1, 0.15) is 5.56 Å². The van der Waals surface area contributed by atoms with Gasteiger partial charge in [0.05, 0.1) is 11.9 Å². The molecule has 3 rings (SSSR count). The molecule has 2 amide bonds. The Morgan fingerprint density at radius 1 is 1.13 bits per heavy atom. The highest BCUT2D eigenvalue weighted by atomic mass is 19.1. The van der Waals surface area contributed by atoms with Crippen LogP contribution in [0.5, 0.6) is 0 Å². The molecule has 1 aliphatic rings. The quantitative estimate of drug-likeness (QED) is 0.935. The second-order valence-electron chi connectivity index (χ2n) is 5.32. The summed E-state index contributed by atoms with van der Waals surface area (Å²) in [5, 5.41) is 2.88. The number of hydrogen-bond donors (Lipinski definition) is 1. The maximum atomic E-state index is 13.7. The summed E-state index contributed by atoms with van der Waals surface area (Å²) < 4.78 is 13.7. The summed E-state index contributed by atoms with van der Waals surface area (Å²) >= 11 is 0. The second-order valence-corrected chi connectivity index (χ2v) is 5.32. The number of halogens is 1. The van der Waals surface area contributed by atoms with Crippen LogP contribution in [0, 0.1) is 5.82 Å². The number of nitrogens with one attached hydrogen (secondary N) is 1. The highest BCUT2D eigenvalue weighted by Crippen LogP contribution is 2.19. The van der Waals surface area contributed by atoms with Gasteiger partial charge in [0.2, 0.25) is 0 Å². The number of anilines is 1. The summed E-state index contributed by atoms with van der Waals surface area (Å²) in [6, 6.07) is 5.30. The van der Waals surface area contributed by atoms with Gasteiger partial charge in [-0.1, -0.05) is 6.07 Å². The molecule has 0 unspecified atom stereocenters. The van der Waals surface area contributed by atoms with Gasteiger partial charge in [0, 0.05) is 51.3 Å². The van der Waals surface area contributed by atoms with Crippen molar-refractivity contribution >= 4 is 11.7 Å². The van der Waals surface area contributed by atoms with Crippen molar-refractivity contribution in [2.45, 2.75) is 6.54 Å². The highest BCUT2D eigenvalue weighted by Gasteiger charge is 2.22. The summed E-state index contributed by atoms with van der Waals surface area (Å²) in [6.07, 6.45) is 6.21. The Hall–Kier alpha value is -2.70. The van der Waals surface area contributed by atoms with E-state index in [1.165, 1.54) is 6.20 Å². The lowest BCUT2D eigenvalue weighted by Crippen LogP contribution is -2.51. The lowest BCUT2D eigenvalue weighted by molar-refractivity contribution is 0.194. The first-order valence-electron chi connectivity index (χ1n) is 7.50. The lowest BCUT2D eigenvalue weighted by atomic mass is 10.2. The third-order valence-electron chi connectivity index (χ3n) is 3.83. The van der Waals surface area contributed by atoms with E-state index < -0.39 is 0 Å². The molecule has 0 atom stereocenters. The number of carbonyl (C=O) groups is 1. The first kappa shape index (κ1) is 15.2. The molecule has 1 saturated heterocycles. The SMILES string of the molecule is O=C(NCc1cccnc1)N1CCN(c2ccncc2F)CC1. The largest absolute Gasteiger partial charge is 0.366 e. The zero-order valence-electron chi connectivity index (χ0n) is 12.7. The topological polar surface area (TPSA) is 61.4 Å². The molecule has 0 saturated carbocycles. The summed E-state index contributed by atoms with van der Waals surface area (Å²) in [6.45, 7) is 2.76. The third kappa shape index (κ3) is 3.74. The molecule has 0 bridgehead atoms. The number of rotatable bonds is 3. The zero-order valence-corrected chi connectivity index (χ0v) is 12.7. The molecule has 2 aromatic heterocycles. The number of piperazine rings is 1. The molecule has 120 valence electrons. The van der Waals surface area contributed by atoms with E-state index in [2.05, 4.69) is 15.3 Å². The minimum Gasteiger partial charge on any atom is -0.366 e. The van der Waals surface area contributed by atoms with Crippen molar-refractivity contribution < 1.29 is 9.18 Å². The number of hydrogen-bond acceptors (Lipinski definition) is 4. The number of aromatic nitrogens is 2. The molecule has 1 fully saturated rings. The number of urea groups is 1. The molecule has 0 spiro atoms. The minimum atomic E-state index is -0.332. The van der Waals surface area contributed by atoms with Gasteiger partial charge in [0.25, 0.3) is 0 Å². The standard InChI is InChI=1S/C16H18FN5O/c17-14-12-19-5-3-15(14)21-6-8-22(9-7-21)16(23)20-11-13-2-1-4-18-10-13/h1-5,10,12H,6-9,11H2,(H,20,23). The van der Waals surface area contributed by atoms with Crippen LogP contribution in [-0.2, 0) is 6.54 Å². The number of pyridine rings is 2. The van der Waals surface area contributed by atoms with E-state index >= 15 is 0 Å². The summed E-state index contributed by atoms with van der Waals surface area (Å²) in [4.78, 5) is 23.6. The fraction of sp³-hybridized carbons (Fsp3) is 0.312. The lowest BCUT2D eigenvalue weighted by Gasteiger charge is -2.36. The van der Waals surface area contributed by atoms with Gasteiger partial charge in [-0.05, 0) is 17.7 Å². The molecule has 6 nitrogen and oxygen atoms in total. The predicted molar refractivity (Wildman–Crippen MR) is 84.5 cm³/mol. The van der Waals surface area contributed by atoms with Crippen LogP contribution >= 0.6 is 0 Å². The van der Waals surface area contributed by atoms with E-state index in [-0.39, 0.29) is 11.8 Å². The van der Waals surface area contributed by atoms with Crippen molar-refractivity contribution in [1.82, 2.24) is 20.2 Å². The number of amides is 2. The van der Waals surface area contributed by atoms with Crippen LogP contribution in [0.2, 0.25) is 0 Å². The van der Waals surface area contributed by atoms with Crippen LogP contribution in [0.15, 0.2) is 43.0 Å². The Morgan fingerprint density at radius 2 is 1.91 bits per heavy atom. The zero-order chi connectivity index (χ0) is 16.1. The summed E-state index contributed by atoms with van der Waals surface area (Å²) in [5.74, 6) is -0.332. The van der Waals surface area contributed by atoms with Crippen molar-refractivity contribution in [1.29, 1.82) is 0 Å². The maximum Gasteiger partial charge on any atom is 0.317 e. The third-order valence-corrected chi connectivity index (χ3v) is 3.83. The molecule has 7 heteroatoms. The fourth-order valence-electron chi connectivity index (χ4n) is 2.57. The van der Waals surface area contributed by atoms with Crippen molar-refractivity contribution in [3.63, 3.8) is 0 Å². The van der Waals surface area contributed by atoms with Gasteiger partial charge in [-0.3, -0.25) is 9.97 Å². The summed E-state index contributed by atoms with van der Waals surface area (Å²) in [7, 11) is 0. The van der Waals surface area contributed by atoms with E-state index in [4.69, 9.17) is 0 Å². The average molecular weight is 315 g/mol. The van der Waals surface area contributed by atoms with E-state index in [1.807, 2.05) is 17.0 Å². The molecule has 0 aromatic carbocycles. The van der Waals surface area contributed by atoms with Crippen molar-refractivity contribution in [3.05, 3.63) is 54.4 Å². The average Bonchev–Trinajstić information content (AvgIpc) is 2.61. The van der Waals surface area contributed by atoms with E-state index in [9.17, 15) is 9.18 Å². The van der Waals surface area contributed by atoms with Crippen molar-refractivity contribution in [2.24, 2.45) is 0 Å². The highest BCUT2D eigenvalue weighted by molar-refractivity contribution is 5.74. The van der Waals surface area contributed by atoms with Gasteiger partial charge in [-0.2, -0.15) is 0 Å². The van der Waals surface area contributed by atoms with Crippen LogP contribution in [0.4, 0.5) is 14.9 Å². The van der Waals surface area contributed by atoms with Crippen molar-refractivity contribution in [2.75, 3.05) is 31.1 Å². The van der Waals surface area contributed by atoms with Gasteiger partial charge in [-0.15, -0.1) is 0 Å². The van der Waals surface area contributed by atoms with Crippen molar-refractivity contribution in [3.8, 4) is 0 Å². The fourth-order valence-corrected chi connectivity index (χ4v) is 2.57. The molecule has 2 aromatic rings. The molecule has 1 aliphatic heterocycles. The molecular weight excluding hydrogens is 297 g/mol. The number of nitrogens with zero attached hydrogens (tertiary/aromatic N) is 4. The number of carbonyl (C=O) groups excluding carboxylic acids is 1. The van der Waals surface area contributed by atoms with Gasteiger partial charge < -0.3 is 15.1 Å². The van der Waals surface area contributed by atoms with Gasteiger partial charge in [0.15, 0.2) is 5.82 Å². The normalized spacial score (nSPS) is 14.7. The van der Waals surface area contributed by atoms with Gasteiger partial charge in [-0.25, -0.2) is 9.18 Å². The molecule has 3 heterocycles. The van der Waals surface area contributed by atoms with Gasteiger partial charge >= 0.3 is 6.03 Å². The molecule has 1 N–H and O–H groups in total. The Kier molecular flexibility index (Phi) is 4.65. The maximum absolute atomic E-state index is 13.7. The summed E-state index contributed by atoms with van der Waals surface area (Å²) in [5.41, 5.74) is 1.49. The van der Waals surface area contributed by atoms with Crippen LogP contribution in [-0.4, -0.2) is 47.1 Å². The first-order valence-corrected chi connectivity index (χ1v) is 7.50. The Balaban J connectivity index is 1.50.